The Balaban J connectivity index is 1.89. The van der Waals surface area contributed by atoms with Crippen LogP contribution in [0.4, 0.5) is 18.9 Å². The number of hydrogen-bond acceptors (Lipinski definition) is 6. The number of nitrogens with zero attached hydrogens (tertiary/aromatic N) is 1. The van der Waals surface area contributed by atoms with E-state index in [0.717, 1.165) is 4.88 Å². The summed E-state index contributed by atoms with van der Waals surface area (Å²) in [6, 6.07) is 4.02. The van der Waals surface area contributed by atoms with E-state index in [1.165, 1.54) is 29.5 Å². The first-order chi connectivity index (χ1) is 12.9. The number of nitrogens with one attached hydrogen (secondary N) is 1. The van der Waals surface area contributed by atoms with Crippen molar-refractivity contribution in [1.82, 2.24) is 4.98 Å². The van der Waals surface area contributed by atoms with E-state index >= 15 is 0 Å². The molecule has 0 atom stereocenters. The lowest BCUT2D eigenvalue weighted by molar-refractivity contribution is -0.274. The van der Waals surface area contributed by atoms with Crippen molar-refractivity contribution in [1.29, 1.82) is 0 Å². The lowest BCUT2D eigenvalue weighted by Crippen LogP contribution is -2.41. The number of ether oxygens (including phenoxy) is 1. The molecular weight excluding hydrogens is 416 g/mol. The number of hydrogen-bond donors (Lipinski definition) is 1. The zero-order valence-electron chi connectivity index (χ0n) is 15.7. The van der Waals surface area contributed by atoms with Crippen LogP contribution in [0.15, 0.2) is 24.4 Å². The van der Waals surface area contributed by atoms with Crippen LogP contribution in [0.2, 0.25) is 4.47 Å². The maximum Gasteiger partial charge on any atom is 0.573 e. The highest BCUT2D eigenvalue weighted by Crippen LogP contribution is 2.37. The van der Waals surface area contributed by atoms with Crippen molar-refractivity contribution in [2.24, 2.45) is 0 Å². The number of aromatic nitrogens is 1. The van der Waals surface area contributed by atoms with Gasteiger partial charge >= 0.3 is 13.5 Å². The molecule has 11 heteroatoms. The quantitative estimate of drug-likeness (QED) is 0.697. The van der Waals surface area contributed by atoms with Crippen LogP contribution < -0.4 is 15.5 Å². The minimum Gasteiger partial charge on any atom is -0.406 e. The number of rotatable bonds is 5. The Kier molecular flexibility index (Phi) is 5.61. The van der Waals surface area contributed by atoms with Crippen LogP contribution >= 0.6 is 22.9 Å². The topological polar surface area (TPSA) is 52.6 Å². The van der Waals surface area contributed by atoms with E-state index in [4.69, 9.17) is 20.9 Å². The fourth-order valence-corrected chi connectivity index (χ4v) is 3.53. The number of benzene rings is 1. The van der Waals surface area contributed by atoms with Crippen LogP contribution in [-0.4, -0.2) is 29.7 Å². The molecule has 2 heterocycles. The van der Waals surface area contributed by atoms with Crippen molar-refractivity contribution in [2.75, 3.05) is 5.32 Å². The molecule has 2 aromatic rings. The monoisotopic (exact) mass is 434 g/mol. The average molecular weight is 435 g/mol. The van der Waals surface area contributed by atoms with Crippen LogP contribution in [0.25, 0.3) is 0 Å². The Morgan fingerprint density at radius 3 is 2.39 bits per heavy atom. The molecule has 0 spiro atoms. The molecule has 0 aliphatic carbocycles. The summed E-state index contributed by atoms with van der Waals surface area (Å²) < 4.78 is 54.3. The SMILES string of the molecule is CC1(C)OB(c2ccc(OC(F)(F)F)cc2NCc2cnc(Cl)s2)OC1(C)C. The van der Waals surface area contributed by atoms with Crippen molar-refractivity contribution in [3.63, 3.8) is 0 Å². The molecule has 0 bridgehead atoms. The normalized spacial score (nSPS) is 18.4. The van der Waals surface area contributed by atoms with Gasteiger partial charge in [0.1, 0.15) is 5.75 Å². The molecule has 1 aromatic carbocycles. The molecule has 0 radical (unpaired) electrons. The molecule has 0 unspecified atom stereocenters. The molecule has 1 aromatic heterocycles. The van der Waals surface area contributed by atoms with Crippen LogP contribution in [0.3, 0.4) is 0 Å². The van der Waals surface area contributed by atoms with Gasteiger partial charge in [0.05, 0.1) is 17.7 Å². The van der Waals surface area contributed by atoms with Gasteiger partial charge < -0.3 is 19.4 Å². The zero-order valence-corrected chi connectivity index (χ0v) is 17.3. The van der Waals surface area contributed by atoms with Gasteiger partial charge in [-0.15, -0.1) is 24.5 Å². The second-order valence-corrected chi connectivity index (χ2v) is 9.02. The first-order valence-corrected chi connectivity index (χ1v) is 9.65. The third kappa shape index (κ3) is 4.73. The van der Waals surface area contributed by atoms with Crippen molar-refractivity contribution >= 4 is 41.2 Å². The standard InChI is InChI=1S/C17H19BClF3N2O3S/c1-15(2)16(3,4)27-18(26-15)12-6-5-10(25-17(20,21)22)7-13(12)23-8-11-9-24-14(19)28-11/h5-7,9,23H,8H2,1-4H3. The highest BCUT2D eigenvalue weighted by atomic mass is 35.5. The van der Waals surface area contributed by atoms with Gasteiger partial charge in [-0.05, 0) is 33.8 Å². The number of halogens is 4. The summed E-state index contributed by atoms with van der Waals surface area (Å²) in [6.07, 6.45) is -3.18. The first kappa shape index (κ1) is 21.2. The Morgan fingerprint density at radius 2 is 1.86 bits per heavy atom. The van der Waals surface area contributed by atoms with Gasteiger partial charge in [0.25, 0.3) is 0 Å². The van der Waals surface area contributed by atoms with Crippen molar-refractivity contribution in [3.05, 3.63) is 33.7 Å². The number of alkyl halides is 3. The highest BCUT2D eigenvalue weighted by molar-refractivity contribution is 7.15. The molecule has 1 N–H and O–H groups in total. The number of thiazole rings is 1. The predicted octanol–water partition coefficient (Wildman–Crippen LogP) is 4.61. The second-order valence-electron chi connectivity index (χ2n) is 7.32. The van der Waals surface area contributed by atoms with Gasteiger partial charge in [-0.1, -0.05) is 17.7 Å². The van der Waals surface area contributed by atoms with Crippen molar-refractivity contribution in [2.45, 2.75) is 51.8 Å². The molecule has 3 rings (SSSR count). The lowest BCUT2D eigenvalue weighted by Gasteiger charge is -2.32. The molecular formula is C17H19BClF3N2O3S. The summed E-state index contributed by atoms with van der Waals surface area (Å²) in [5.74, 6) is -0.336. The molecule has 0 amide bonds. The highest BCUT2D eigenvalue weighted by Gasteiger charge is 2.52. The fourth-order valence-electron chi connectivity index (χ4n) is 2.61. The largest absolute Gasteiger partial charge is 0.573 e. The Bertz CT molecular complexity index is 844. The van der Waals surface area contributed by atoms with E-state index in [-0.39, 0.29) is 5.75 Å². The van der Waals surface area contributed by atoms with E-state index in [2.05, 4.69) is 15.0 Å². The smallest absolute Gasteiger partial charge is 0.406 e. The zero-order chi connectivity index (χ0) is 20.7. The van der Waals surface area contributed by atoms with Gasteiger partial charge in [0, 0.05) is 28.3 Å². The minimum atomic E-state index is -4.78. The van der Waals surface area contributed by atoms with Gasteiger partial charge in [0.15, 0.2) is 4.47 Å². The van der Waals surface area contributed by atoms with E-state index in [0.29, 0.717) is 22.2 Å². The van der Waals surface area contributed by atoms with E-state index in [9.17, 15) is 13.2 Å². The maximum atomic E-state index is 12.6. The summed E-state index contributed by atoms with van der Waals surface area (Å²) in [5, 5.41) is 3.11. The van der Waals surface area contributed by atoms with Gasteiger partial charge in [0.2, 0.25) is 0 Å². The van der Waals surface area contributed by atoms with Gasteiger partial charge in [-0.25, -0.2) is 4.98 Å². The molecule has 1 aliphatic heterocycles. The third-order valence-corrected chi connectivity index (χ3v) is 5.86. The van der Waals surface area contributed by atoms with E-state index in [1.54, 1.807) is 6.20 Å². The first-order valence-electron chi connectivity index (χ1n) is 8.46. The second kappa shape index (κ2) is 7.40. The Morgan fingerprint density at radius 1 is 1.21 bits per heavy atom. The van der Waals surface area contributed by atoms with E-state index < -0.39 is 24.7 Å². The molecule has 1 saturated heterocycles. The van der Waals surface area contributed by atoms with Gasteiger partial charge in [-0.2, -0.15) is 0 Å². The fraction of sp³-hybridized carbons (Fsp3) is 0.471. The lowest BCUT2D eigenvalue weighted by atomic mass is 9.77. The maximum absolute atomic E-state index is 12.6. The minimum absolute atomic E-state index is 0.326. The Hall–Kier alpha value is -1.49. The van der Waals surface area contributed by atoms with Crippen LogP contribution in [-0.2, 0) is 15.9 Å². The number of anilines is 1. The summed E-state index contributed by atoms with van der Waals surface area (Å²) in [7, 11) is -0.738. The van der Waals surface area contributed by atoms with Crippen molar-refractivity contribution in [3.8, 4) is 5.75 Å². The van der Waals surface area contributed by atoms with Crippen LogP contribution in [0.1, 0.15) is 32.6 Å². The summed E-state index contributed by atoms with van der Waals surface area (Å²) in [4.78, 5) is 4.78. The molecule has 1 aliphatic rings. The molecule has 5 nitrogen and oxygen atoms in total. The Labute approximate surface area is 170 Å². The third-order valence-electron chi connectivity index (χ3n) is 4.74. The van der Waals surface area contributed by atoms with E-state index in [1.807, 2.05) is 27.7 Å². The average Bonchev–Trinajstić information content (AvgIpc) is 3.04. The molecule has 1 fully saturated rings. The summed E-state index contributed by atoms with van der Waals surface area (Å²) in [6.45, 7) is 7.94. The molecule has 28 heavy (non-hydrogen) atoms. The van der Waals surface area contributed by atoms with Crippen LogP contribution in [0.5, 0.6) is 5.75 Å². The van der Waals surface area contributed by atoms with Gasteiger partial charge in [-0.3, -0.25) is 0 Å². The van der Waals surface area contributed by atoms with Crippen molar-refractivity contribution < 1.29 is 27.2 Å². The summed E-state index contributed by atoms with van der Waals surface area (Å²) >= 11 is 7.11. The van der Waals surface area contributed by atoms with Crippen LogP contribution in [0, 0.1) is 0 Å². The molecule has 0 saturated carbocycles. The molecule has 152 valence electrons. The predicted molar refractivity (Wildman–Crippen MR) is 103 cm³/mol. The summed E-state index contributed by atoms with van der Waals surface area (Å²) in [5.41, 5.74) is -0.184.